The molecule has 1 N–H and O–H groups in total. The van der Waals surface area contributed by atoms with Crippen LogP contribution in [0.25, 0.3) is 0 Å². The molecule has 0 spiro atoms. The van der Waals surface area contributed by atoms with Gasteiger partial charge in [-0.05, 0) is 39.7 Å². The van der Waals surface area contributed by atoms with Crippen molar-refractivity contribution in [2.75, 3.05) is 20.2 Å². The Bertz CT molecular complexity index is 359. The predicted octanol–water partition coefficient (Wildman–Crippen LogP) is 1.70. The van der Waals surface area contributed by atoms with Crippen LogP contribution in [0.5, 0.6) is 0 Å². The minimum absolute atomic E-state index is 0.152. The lowest BCUT2D eigenvalue weighted by Gasteiger charge is -2.44. The Morgan fingerprint density at radius 2 is 1.90 bits per heavy atom. The normalized spacial score (nSPS) is 34.2. The molecular formula is C13H21F3N2O2. The molecule has 2 aliphatic heterocycles. The van der Waals surface area contributed by atoms with E-state index >= 15 is 0 Å². The summed E-state index contributed by atoms with van der Waals surface area (Å²) >= 11 is 0. The second kappa shape index (κ2) is 5.52. The monoisotopic (exact) mass is 294 g/mol. The number of piperidine rings is 1. The van der Waals surface area contributed by atoms with Gasteiger partial charge in [0.05, 0.1) is 13.2 Å². The summed E-state index contributed by atoms with van der Waals surface area (Å²) in [6, 6.07) is 0.303. The number of hydrogen-bond donors (Lipinski definition) is 1. The van der Waals surface area contributed by atoms with Crippen LogP contribution in [-0.4, -0.2) is 54.9 Å². The molecule has 0 radical (unpaired) electrons. The van der Waals surface area contributed by atoms with E-state index in [2.05, 4.69) is 10.2 Å². The largest absolute Gasteiger partial charge is 0.465 e. The maximum atomic E-state index is 12.5. The van der Waals surface area contributed by atoms with Crippen LogP contribution < -0.4 is 5.32 Å². The minimum Gasteiger partial charge on any atom is -0.465 e. The number of esters is 1. The van der Waals surface area contributed by atoms with E-state index in [1.807, 2.05) is 7.05 Å². The highest BCUT2D eigenvalue weighted by molar-refractivity contribution is 5.81. The molecule has 2 aliphatic rings. The Balaban J connectivity index is 2.15. The molecule has 0 aromatic carbocycles. The van der Waals surface area contributed by atoms with Gasteiger partial charge < -0.3 is 9.64 Å². The molecule has 116 valence electrons. The van der Waals surface area contributed by atoms with E-state index in [-0.39, 0.29) is 18.7 Å². The second-order valence-corrected chi connectivity index (χ2v) is 5.73. The van der Waals surface area contributed by atoms with Crippen LogP contribution in [0, 0.1) is 0 Å². The molecular weight excluding hydrogens is 273 g/mol. The molecule has 7 heteroatoms. The topological polar surface area (TPSA) is 41.6 Å². The number of nitrogens with zero attached hydrogens (tertiary/aromatic N) is 1. The third-order valence-corrected chi connectivity index (χ3v) is 4.45. The number of hydrogen-bond acceptors (Lipinski definition) is 4. The average Bonchev–Trinajstić information content (AvgIpc) is 2.60. The van der Waals surface area contributed by atoms with Gasteiger partial charge in [-0.15, -0.1) is 0 Å². The lowest BCUT2D eigenvalue weighted by molar-refractivity contribution is -0.160. The minimum atomic E-state index is -4.33. The van der Waals surface area contributed by atoms with Crippen molar-refractivity contribution in [3.05, 3.63) is 0 Å². The van der Waals surface area contributed by atoms with Crippen LogP contribution in [0.1, 0.15) is 32.6 Å². The van der Waals surface area contributed by atoms with Crippen molar-refractivity contribution in [1.29, 1.82) is 0 Å². The Labute approximate surface area is 116 Å². The summed E-state index contributed by atoms with van der Waals surface area (Å²) < 4.78 is 42.5. The first kappa shape index (κ1) is 15.6. The summed E-state index contributed by atoms with van der Waals surface area (Å²) in [5.74, 6) is -0.547. The van der Waals surface area contributed by atoms with Gasteiger partial charge in [0.15, 0.2) is 0 Å². The van der Waals surface area contributed by atoms with Crippen molar-refractivity contribution >= 4 is 5.97 Å². The van der Waals surface area contributed by atoms with E-state index in [1.54, 1.807) is 6.92 Å². The number of nitrogens with one attached hydrogen (secondary N) is 1. The number of ether oxygens (including phenoxy) is 1. The van der Waals surface area contributed by atoms with Crippen molar-refractivity contribution in [1.82, 2.24) is 10.2 Å². The molecule has 0 amide bonds. The van der Waals surface area contributed by atoms with E-state index in [9.17, 15) is 18.0 Å². The number of carbonyl (C=O) groups excluding carboxylic acids is 1. The summed E-state index contributed by atoms with van der Waals surface area (Å²) in [4.78, 5) is 14.4. The van der Waals surface area contributed by atoms with Crippen molar-refractivity contribution in [2.45, 2.75) is 56.4 Å². The van der Waals surface area contributed by atoms with Gasteiger partial charge in [-0.1, -0.05) is 0 Å². The lowest BCUT2D eigenvalue weighted by atomic mass is 9.82. The Morgan fingerprint density at radius 3 is 2.35 bits per heavy atom. The van der Waals surface area contributed by atoms with E-state index in [4.69, 9.17) is 4.74 Å². The van der Waals surface area contributed by atoms with Gasteiger partial charge in [-0.25, -0.2) is 0 Å². The van der Waals surface area contributed by atoms with Crippen LogP contribution in [0.4, 0.5) is 13.2 Å². The molecule has 20 heavy (non-hydrogen) atoms. The number of carbonyl (C=O) groups is 1. The highest BCUT2D eigenvalue weighted by Gasteiger charge is 2.52. The number of rotatable bonds is 4. The molecule has 2 atom stereocenters. The summed E-state index contributed by atoms with van der Waals surface area (Å²) in [7, 11) is 1.97. The second-order valence-electron chi connectivity index (χ2n) is 5.73. The lowest BCUT2D eigenvalue weighted by Crippen LogP contribution is -2.63. The van der Waals surface area contributed by atoms with Gasteiger partial charge in [0.25, 0.3) is 0 Å². The van der Waals surface area contributed by atoms with E-state index < -0.39 is 24.2 Å². The van der Waals surface area contributed by atoms with Crippen molar-refractivity contribution in [3.8, 4) is 0 Å². The zero-order chi connectivity index (χ0) is 15.0. The molecule has 0 aliphatic carbocycles. The number of fused-ring (bicyclic) bond motifs is 2. The van der Waals surface area contributed by atoms with Gasteiger partial charge in [-0.2, -0.15) is 13.2 Å². The van der Waals surface area contributed by atoms with Gasteiger partial charge in [0.1, 0.15) is 5.54 Å². The maximum absolute atomic E-state index is 12.5. The average molecular weight is 294 g/mol. The molecule has 2 fully saturated rings. The molecule has 0 aromatic rings. The summed E-state index contributed by atoms with van der Waals surface area (Å²) in [5.41, 5.74) is -1.19. The summed E-state index contributed by atoms with van der Waals surface area (Å²) in [6.45, 7) is 0.688. The van der Waals surface area contributed by atoms with Crippen LogP contribution in [0.2, 0.25) is 0 Å². The van der Waals surface area contributed by atoms with Gasteiger partial charge in [0.2, 0.25) is 0 Å². The SMILES string of the molecule is CCOC(=O)C1(NCC(F)(F)F)CC2CCC(C1)N2C. The molecule has 2 heterocycles. The zero-order valence-electron chi connectivity index (χ0n) is 11.8. The number of alkyl halides is 3. The third-order valence-electron chi connectivity index (χ3n) is 4.45. The Kier molecular flexibility index (Phi) is 4.30. The van der Waals surface area contributed by atoms with Gasteiger partial charge >= 0.3 is 12.1 Å². The molecule has 2 bridgehead atoms. The maximum Gasteiger partial charge on any atom is 0.401 e. The van der Waals surface area contributed by atoms with Gasteiger partial charge in [0, 0.05) is 12.1 Å². The predicted molar refractivity (Wildman–Crippen MR) is 67.2 cm³/mol. The zero-order valence-corrected chi connectivity index (χ0v) is 11.8. The van der Waals surface area contributed by atoms with Crippen molar-refractivity contribution < 1.29 is 22.7 Å². The van der Waals surface area contributed by atoms with E-state index in [0.717, 1.165) is 12.8 Å². The van der Waals surface area contributed by atoms with Crippen molar-refractivity contribution in [3.63, 3.8) is 0 Å². The smallest absolute Gasteiger partial charge is 0.401 e. The highest BCUT2D eigenvalue weighted by Crippen LogP contribution is 2.40. The van der Waals surface area contributed by atoms with E-state index in [0.29, 0.717) is 12.8 Å². The van der Waals surface area contributed by atoms with Crippen LogP contribution in [-0.2, 0) is 9.53 Å². The van der Waals surface area contributed by atoms with Gasteiger partial charge in [-0.3, -0.25) is 10.1 Å². The molecule has 2 rings (SSSR count). The Morgan fingerprint density at radius 1 is 1.35 bits per heavy atom. The first-order valence-electron chi connectivity index (χ1n) is 6.98. The summed E-state index contributed by atoms with van der Waals surface area (Å²) in [6.07, 6.45) is -1.71. The van der Waals surface area contributed by atoms with Crippen molar-refractivity contribution in [2.24, 2.45) is 0 Å². The molecule has 2 unspecified atom stereocenters. The number of halogens is 3. The quantitative estimate of drug-likeness (QED) is 0.801. The molecule has 2 saturated heterocycles. The first-order chi connectivity index (χ1) is 9.27. The Hall–Kier alpha value is -0.820. The first-order valence-corrected chi connectivity index (χ1v) is 6.98. The molecule has 0 saturated carbocycles. The molecule has 4 nitrogen and oxygen atoms in total. The fourth-order valence-electron chi connectivity index (χ4n) is 3.39. The molecule has 0 aromatic heterocycles. The van der Waals surface area contributed by atoms with Crippen LogP contribution in [0.15, 0.2) is 0 Å². The third kappa shape index (κ3) is 3.09. The fraction of sp³-hybridized carbons (Fsp3) is 0.923. The fourth-order valence-corrected chi connectivity index (χ4v) is 3.39. The van der Waals surface area contributed by atoms with Crippen LogP contribution >= 0.6 is 0 Å². The standard InChI is InChI=1S/C13H21F3N2O2/c1-3-20-11(19)12(17-8-13(14,15)16)6-9-4-5-10(7-12)18(9)2/h9-10,17H,3-8H2,1-2H3. The van der Waals surface area contributed by atoms with E-state index in [1.165, 1.54) is 0 Å². The highest BCUT2D eigenvalue weighted by atomic mass is 19.4. The summed E-state index contributed by atoms with van der Waals surface area (Å²) in [5, 5.41) is 2.45. The van der Waals surface area contributed by atoms with Crippen LogP contribution in [0.3, 0.4) is 0 Å².